The van der Waals surface area contributed by atoms with E-state index in [0.717, 1.165) is 0 Å². The molecule has 3 rings (SSSR count). The number of H-pyrrole nitrogens is 1. The molecular formula is C18H15FN2O3. The Kier molecular flexibility index (Phi) is 4.29. The molecule has 0 atom stereocenters. The minimum atomic E-state index is -0.409. The highest BCUT2D eigenvalue weighted by atomic mass is 19.1. The van der Waals surface area contributed by atoms with E-state index in [9.17, 15) is 14.0 Å². The second-order valence-electron chi connectivity index (χ2n) is 5.17. The first-order chi connectivity index (χ1) is 11.6. The van der Waals surface area contributed by atoms with Crippen LogP contribution >= 0.6 is 0 Å². The zero-order chi connectivity index (χ0) is 17.1. The number of halogens is 1. The van der Waals surface area contributed by atoms with Crippen molar-refractivity contribution >= 4 is 28.5 Å². The average Bonchev–Trinajstić information content (AvgIpc) is 2.99. The molecule has 5 nitrogen and oxygen atoms in total. The minimum Gasteiger partial charge on any atom is -0.462 e. The van der Waals surface area contributed by atoms with Gasteiger partial charge in [-0.15, -0.1) is 0 Å². The summed E-state index contributed by atoms with van der Waals surface area (Å²) in [5.74, 6) is -1.12. The van der Waals surface area contributed by atoms with E-state index < -0.39 is 5.97 Å². The van der Waals surface area contributed by atoms with Crippen LogP contribution < -0.4 is 5.32 Å². The third kappa shape index (κ3) is 3.27. The van der Waals surface area contributed by atoms with Gasteiger partial charge in [-0.2, -0.15) is 0 Å². The highest BCUT2D eigenvalue weighted by molar-refractivity contribution is 6.06. The summed E-state index contributed by atoms with van der Waals surface area (Å²) in [5.41, 5.74) is 1.96. The van der Waals surface area contributed by atoms with Crippen molar-refractivity contribution in [2.75, 3.05) is 11.9 Å². The van der Waals surface area contributed by atoms with E-state index in [0.29, 0.717) is 34.5 Å². The van der Waals surface area contributed by atoms with E-state index in [-0.39, 0.29) is 11.7 Å². The summed E-state index contributed by atoms with van der Waals surface area (Å²) >= 11 is 0. The molecule has 0 fully saturated rings. The van der Waals surface area contributed by atoms with Gasteiger partial charge in [-0.1, -0.05) is 0 Å². The zero-order valence-corrected chi connectivity index (χ0v) is 12.9. The number of fused-ring (bicyclic) bond motifs is 1. The van der Waals surface area contributed by atoms with Gasteiger partial charge in [-0.05, 0) is 55.5 Å². The van der Waals surface area contributed by atoms with Crippen LogP contribution in [0.3, 0.4) is 0 Å². The standard InChI is InChI=1S/C18H15FN2O3/c1-2-24-18(23)11-3-6-14(7-4-11)20-17(22)16-10-12-9-13(19)5-8-15(12)21-16/h3-10,21H,2H2,1H3,(H,20,22). The Morgan fingerprint density at radius 3 is 2.58 bits per heavy atom. The van der Waals surface area contributed by atoms with E-state index in [1.165, 1.54) is 12.1 Å². The molecule has 0 aliphatic rings. The number of aromatic nitrogens is 1. The molecule has 0 unspecified atom stereocenters. The first kappa shape index (κ1) is 15.7. The number of amides is 1. The summed E-state index contributed by atoms with van der Waals surface area (Å²) < 4.78 is 18.1. The van der Waals surface area contributed by atoms with Gasteiger partial charge in [0, 0.05) is 16.6 Å². The number of nitrogens with one attached hydrogen (secondary N) is 2. The predicted molar refractivity (Wildman–Crippen MR) is 88.6 cm³/mol. The van der Waals surface area contributed by atoms with Crippen LogP contribution in [-0.2, 0) is 4.74 Å². The first-order valence-electron chi connectivity index (χ1n) is 7.43. The Balaban J connectivity index is 1.74. The van der Waals surface area contributed by atoms with Crippen LogP contribution in [0.1, 0.15) is 27.8 Å². The predicted octanol–water partition coefficient (Wildman–Crippen LogP) is 3.74. The molecule has 2 N–H and O–H groups in total. The summed E-state index contributed by atoms with van der Waals surface area (Å²) in [6, 6.07) is 12.2. The molecular weight excluding hydrogens is 311 g/mol. The van der Waals surface area contributed by atoms with Gasteiger partial charge in [-0.25, -0.2) is 9.18 Å². The normalized spacial score (nSPS) is 10.6. The third-order valence-corrected chi connectivity index (χ3v) is 3.48. The number of rotatable bonds is 4. The Hall–Kier alpha value is -3.15. The number of carbonyl (C=O) groups is 2. The van der Waals surface area contributed by atoms with Crippen LogP contribution in [0.4, 0.5) is 10.1 Å². The van der Waals surface area contributed by atoms with Crippen molar-refractivity contribution in [1.82, 2.24) is 4.98 Å². The molecule has 0 bridgehead atoms. The summed E-state index contributed by atoms with van der Waals surface area (Å²) in [6.07, 6.45) is 0. The Morgan fingerprint density at radius 2 is 1.88 bits per heavy atom. The van der Waals surface area contributed by atoms with Gasteiger partial charge in [-0.3, -0.25) is 4.79 Å². The van der Waals surface area contributed by atoms with Gasteiger partial charge in [0.05, 0.1) is 12.2 Å². The number of benzene rings is 2. The lowest BCUT2D eigenvalue weighted by atomic mass is 10.2. The zero-order valence-electron chi connectivity index (χ0n) is 12.9. The van der Waals surface area contributed by atoms with Crippen molar-refractivity contribution < 1.29 is 18.7 Å². The lowest BCUT2D eigenvalue weighted by Gasteiger charge is -2.05. The molecule has 2 aromatic carbocycles. The van der Waals surface area contributed by atoms with Crippen LogP contribution in [0.2, 0.25) is 0 Å². The van der Waals surface area contributed by atoms with E-state index in [1.54, 1.807) is 43.3 Å². The van der Waals surface area contributed by atoms with Crippen molar-refractivity contribution in [2.45, 2.75) is 6.92 Å². The highest BCUT2D eigenvalue weighted by Gasteiger charge is 2.11. The fourth-order valence-corrected chi connectivity index (χ4v) is 2.33. The maximum atomic E-state index is 13.2. The number of hydrogen-bond donors (Lipinski definition) is 2. The monoisotopic (exact) mass is 326 g/mol. The number of aromatic amines is 1. The van der Waals surface area contributed by atoms with Crippen molar-refractivity contribution in [2.24, 2.45) is 0 Å². The Bertz CT molecular complexity index is 900. The largest absolute Gasteiger partial charge is 0.462 e. The van der Waals surface area contributed by atoms with Gasteiger partial charge in [0.15, 0.2) is 0 Å². The second-order valence-corrected chi connectivity index (χ2v) is 5.17. The number of anilines is 1. The SMILES string of the molecule is CCOC(=O)c1ccc(NC(=O)c2cc3cc(F)ccc3[nH]2)cc1. The molecule has 0 saturated heterocycles. The van der Waals surface area contributed by atoms with E-state index in [4.69, 9.17) is 4.74 Å². The van der Waals surface area contributed by atoms with Crippen molar-refractivity contribution in [1.29, 1.82) is 0 Å². The van der Waals surface area contributed by atoms with E-state index in [2.05, 4.69) is 10.3 Å². The minimum absolute atomic E-state index is 0.304. The Morgan fingerprint density at radius 1 is 1.12 bits per heavy atom. The molecule has 24 heavy (non-hydrogen) atoms. The summed E-state index contributed by atoms with van der Waals surface area (Å²) in [6.45, 7) is 2.04. The Labute approximate surface area is 137 Å². The van der Waals surface area contributed by atoms with Crippen LogP contribution in [0.15, 0.2) is 48.5 Å². The van der Waals surface area contributed by atoms with Gasteiger partial charge in [0.2, 0.25) is 0 Å². The molecule has 1 heterocycles. The molecule has 0 spiro atoms. The van der Waals surface area contributed by atoms with Crippen LogP contribution in [0.25, 0.3) is 10.9 Å². The first-order valence-corrected chi connectivity index (χ1v) is 7.43. The van der Waals surface area contributed by atoms with Crippen LogP contribution in [0, 0.1) is 5.82 Å². The molecule has 0 aliphatic heterocycles. The van der Waals surface area contributed by atoms with Crippen molar-refractivity contribution in [3.8, 4) is 0 Å². The number of hydrogen-bond acceptors (Lipinski definition) is 3. The topological polar surface area (TPSA) is 71.2 Å². The third-order valence-electron chi connectivity index (χ3n) is 3.48. The fourth-order valence-electron chi connectivity index (χ4n) is 2.33. The van der Waals surface area contributed by atoms with Gasteiger partial charge >= 0.3 is 5.97 Å². The summed E-state index contributed by atoms with van der Waals surface area (Å²) in [5, 5.41) is 3.34. The molecule has 1 aromatic heterocycles. The smallest absolute Gasteiger partial charge is 0.338 e. The lowest BCUT2D eigenvalue weighted by molar-refractivity contribution is 0.0526. The fraction of sp³-hybridized carbons (Fsp3) is 0.111. The molecule has 0 saturated carbocycles. The average molecular weight is 326 g/mol. The molecule has 3 aromatic rings. The lowest BCUT2D eigenvalue weighted by Crippen LogP contribution is -2.12. The molecule has 1 amide bonds. The quantitative estimate of drug-likeness (QED) is 0.718. The summed E-state index contributed by atoms with van der Waals surface area (Å²) in [7, 11) is 0. The van der Waals surface area contributed by atoms with Gasteiger partial charge in [0.25, 0.3) is 5.91 Å². The maximum absolute atomic E-state index is 13.2. The van der Waals surface area contributed by atoms with Crippen LogP contribution in [0.5, 0.6) is 0 Å². The molecule has 6 heteroatoms. The second kappa shape index (κ2) is 6.54. The van der Waals surface area contributed by atoms with Gasteiger partial charge in [0.1, 0.15) is 11.5 Å². The van der Waals surface area contributed by atoms with E-state index in [1.807, 2.05) is 0 Å². The van der Waals surface area contributed by atoms with Crippen molar-refractivity contribution in [3.63, 3.8) is 0 Å². The van der Waals surface area contributed by atoms with Crippen molar-refractivity contribution in [3.05, 3.63) is 65.6 Å². The molecule has 122 valence electrons. The number of esters is 1. The maximum Gasteiger partial charge on any atom is 0.338 e. The molecule has 0 radical (unpaired) electrons. The van der Waals surface area contributed by atoms with Gasteiger partial charge < -0.3 is 15.0 Å². The van der Waals surface area contributed by atoms with Crippen LogP contribution in [-0.4, -0.2) is 23.5 Å². The highest BCUT2D eigenvalue weighted by Crippen LogP contribution is 2.18. The number of carbonyl (C=O) groups excluding carboxylic acids is 2. The number of ether oxygens (including phenoxy) is 1. The summed E-state index contributed by atoms with van der Waals surface area (Å²) in [4.78, 5) is 26.8. The van der Waals surface area contributed by atoms with E-state index >= 15 is 0 Å². The molecule has 0 aliphatic carbocycles.